The molecular weight excluding hydrogens is 316 g/mol. The van der Waals surface area contributed by atoms with Gasteiger partial charge in [0, 0.05) is 17.1 Å². The highest BCUT2D eigenvalue weighted by Gasteiger charge is 2.33. The molecule has 2 N–H and O–H groups in total. The summed E-state index contributed by atoms with van der Waals surface area (Å²) in [6.45, 7) is -2.94. The number of hydrogen-bond acceptors (Lipinski definition) is 3. The van der Waals surface area contributed by atoms with Crippen molar-refractivity contribution in [2.75, 3.05) is 0 Å². The smallest absolute Gasteiger partial charge is 0.387 e. The first-order valence-corrected chi connectivity index (χ1v) is 7.48. The Hall–Kier alpha value is -1.40. The highest BCUT2D eigenvalue weighted by molar-refractivity contribution is 6.30. The summed E-state index contributed by atoms with van der Waals surface area (Å²) in [4.78, 5) is 11.9. The van der Waals surface area contributed by atoms with Crippen LogP contribution in [-0.2, 0) is 11.3 Å². The molecule has 1 fully saturated rings. The number of aliphatic hydroxyl groups is 1. The average Bonchev–Trinajstić information content (AvgIpc) is 2.85. The third-order valence-corrected chi connectivity index (χ3v) is 3.97. The number of ether oxygens (including phenoxy) is 1. The summed E-state index contributed by atoms with van der Waals surface area (Å²) in [5.41, 5.74) is -0.583. The van der Waals surface area contributed by atoms with Gasteiger partial charge in [0.05, 0.1) is 12.0 Å². The zero-order chi connectivity index (χ0) is 16.2. The zero-order valence-corrected chi connectivity index (χ0v) is 12.7. The van der Waals surface area contributed by atoms with E-state index in [1.165, 1.54) is 18.2 Å². The minimum absolute atomic E-state index is 0.0114. The van der Waals surface area contributed by atoms with E-state index in [1.54, 1.807) is 0 Å². The van der Waals surface area contributed by atoms with Crippen LogP contribution in [0.5, 0.6) is 5.75 Å². The molecule has 0 spiro atoms. The van der Waals surface area contributed by atoms with Crippen LogP contribution in [0.25, 0.3) is 0 Å². The van der Waals surface area contributed by atoms with Crippen molar-refractivity contribution in [1.29, 1.82) is 0 Å². The third kappa shape index (κ3) is 4.81. The summed E-state index contributed by atoms with van der Waals surface area (Å²) in [5.74, 6) is -0.355. The molecule has 1 amide bonds. The molecule has 0 saturated heterocycles. The van der Waals surface area contributed by atoms with Gasteiger partial charge in [-0.15, -0.1) is 0 Å². The summed E-state index contributed by atoms with van der Waals surface area (Å²) in [7, 11) is 0. The van der Waals surface area contributed by atoms with E-state index in [0.717, 1.165) is 12.8 Å². The Bertz CT molecular complexity index is 534. The topological polar surface area (TPSA) is 58.6 Å². The standard InChI is InChI=1S/C15H18ClF2NO3/c16-11-3-4-12(22-14(17)18)10(7-11)9-19-13(20)8-15(21)5-1-2-6-15/h3-4,7,14,21H,1-2,5-6,8-9H2,(H,19,20). The molecule has 1 aliphatic carbocycles. The van der Waals surface area contributed by atoms with Crippen LogP contribution in [0.3, 0.4) is 0 Å². The molecule has 0 aromatic heterocycles. The van der Waals surface area contributed by atoms with Gasteiger partial charge in [-0.2, -0.15) is 8.78 Å². The summed E-state index contributed by atoms with van der Waals surface area (Å²) >= 11 is 5.83. The second kappa shape index (κ2) is 7.24. The van der Waals surface area contributed by atoms with Crippen molar-refractivity contribution in [3.05, 3.63) is 28.8 Å². The van der Waals surface area contributed by atoms with Crippen molar-refractivity contribution >= 4 is 17.5 Å². The van der Waals surface area contributed by atoms with Gasteiger partial charge in [0.2, 0.25) is 5.91 Å². The second-order valence-corrected chi connectivity index (χ2v) is 5.95. The number of rotatable bonds is 6. The van der Waals surface area contributed by atoms with Crippen LogP contribution in [0, 0.1) is 0 Å². The minimum atomic E-state index is -2.95. The van der Waals surface area contributed by atoms with E-state index in [1.807, 2.05) is 0 Å². The molecule has 1 saturated carbocycles. The van der Waals surface area contributed by atoms with E-state index in [9.17, 15) is 18.7 Å². The first-order chi connectivity index (χ1) is 10.4. The largest absolute Gasteiger partial charge is 0.434 e. The van der Waals surface area contributed by atoms with Crippen LogP contribution in [-0.4, -0.2) is 23.2 Å². The van der Waals surface area contributed by atoms with Crippen LogP contribution >= 0.6 is 11.6 Å². The normalized spacial score (nSPS) is 16.8. The monoisotopic (exact) mass is 333 g/mol. The van der Waals surface area contributed by atoms with Gasteiger partial charge in [-0.25, -0.2) is 0 Å². The van der Waals surface area contributed by atoms with Crippen LogP contribution in [0.15, 0.2) is 18.2 Å². The molecule has 0 radical (unpaired) electrons. The molecule has 1 aromatic carbocycles. The van der Waals surface area contributed by atoms with E-state index < -0.39 is 12.2 Å². The lowest BCUT2D eigenvalue weighted by atomic mass is 9.97. The van der Waals surface area contributed by atoms with E-state index in [2.05, 4.69) is 10.1 Å². The van der Waals surface area contributed by atoms with E-state index in [-0.39, 0.29) is 24.6 Å². The summed E-state index contributed by atoms with van der Waals surface area (Å²) in [5, 5.41) is 13.1. The Balaban J connectivity index is 1.95. The van der Waals surface area contributed by atoms with Crippen molar-refractivity contribution in [1.82, 2.24) is 5.32 Å². The van der Waals surface area contributed by atoms with Crippen molar-refractivity contribution in [3.63, 3.8) is 0 Å². The van der Waals surface area contributed by atoms with Gasteiger partial charge < -0.3 is 15.2 Å². The molecule has 1 aliphatic rings. The number of carbonyl (C=O) groups excluding carboxylic acids is 1. The lowest BCUT2D eigenvalue weighted by molar-refractivity contribution is -0.126. The number of amides is 1. The third-order valence-electron chi connectivity index (χ3n) is 3.74. The van der Waals surface area contributed by atoms with Gasteiger partial charge in [-0.1, -0.05) is 24.4 Å². The Kier molecular flexibility index (Phi) is 5.58. The summed E-state index contributed by atoms with van der Waals surface area (Å²) in [6.07, 6.45) is 3.04. The molecular formula is C15H18ClF2NO3. The Labute approximate surface area is 132 Å². The number of halogens is 3. The van der Waals surface area contributed by atoms with Gasteiger partial charge in [0.1, 0.15) is 5.75 Å². The fraction of sp³-hybridized carbons (Fsp3) is 0.533. The highest BCUT2D eigenvalue weighted by Crippen LogP contribution is 2.32. The van der Waals surface area contributed by atoms with Crippen molar-refractivity contribution in [2.45, 2.75) is 50.9 Å². The molecule has 0 aliphatic heterocycles. The first-order valence-electron chi connectivity index (χ1n) is 7.10. The fourth-order valence-electron chi connectivity index (χ4n) is 2.66. The Morgan fingerprint density at radius 3 is 2.73 bits per heavy atom. The molecule has 2 rings (SSSR count). The highest BCUT2D eigenvalue weighted by atomic mass is 35.5. The maximum atomic E-state index is 12.3. The molecule has 1 aromatic rings. The van der Waals surface area contributed by atoms with Gasteiger partial charge in [-0.3, -0.25) is 4.79 Å². The van der Waals surface area contributed by atoms with Gasteiger partial charge >= 0.3 is 6.61 Å². The van der Waals surface area contributed by atoms with E-state index >= 15 is 0 Å². The predicted molar refractivity (Wildman–Crippen MR) is 78.0 cm³/mol. The zero-order valence-electron chi connectivity index (χ0n) is 11.9. The lowest BCUT2D eigenvalue weighted by Crippen LogP contribution is -2.34. The Morgan fingerprint density at radius 2 is 2.09 bits per heavy atom. The van der Waals surface area contributed by atoms with Crippen LogP contribution in [0.2, 0.25) is 5.02 Å². The first kappa shape index (κ1) is 17.0. The number of hydrogen-bond donors (Lipinski definition) is 2. The van der Waals surface area contributed by atoms with Crippen LogP contribution in [0.4, 0.5) is 8.78 Å². The maximum Gasteiger partial charge on any atom is 0.387 e. The molecule has 0 atom stereocenters. The Morgan fingerprint density at radius 1 is 1.41 bits per heavy atom. The molecule has 4 nitrogen and oxygen atoms in total. The minimum Gasteiger partial charge on any atom is -0.434 e. The van der Waals surface area contributed by atoms with Crippen molar-refractivity contribution < 1.29 is 23.4 Å². The molecule has 22 heavy (non-hydrogen) atoms. The van der Waals surface area contributed by atoms with Gasteiger partial charge in [0.25, 0.3) is 0 Å². The van der Waals surface area contributed by atoms with Gasteiger partial charge in [-0.05, 0) is 31.0 Å². The number of nitrogens with one attached hydrogen (secondary N) is 1. The maximum absolute atomic E-state index is 12.3. The molecule has 7 heteroatoms. The summed E-state index contributed by atoms with van der Waals surface area (Å²) in [6, 6.07) is 4.23. The van der Waals surface area contributed by atoms with E-state index in [0.29, 0.717) is 23.4 Å². The molecule has 0 heterocycles. The fourth-order valence-corrected chi connectivity index (χ4v) is 2.86. The molecule has 122 valence electrons. The van der Waals surface area contributed by atoms with Gasteiger partial charge in [0.15, 0.2) is 0 Å². The predicted octanol–water partition coefficient (Wildman–Crippen LogP) is 3.25. The van der Waals surface area contributed by atoms with Crippen molar-refractivity contribution in [2.24, 2.45) is 0 Å². The molecule has 0 unspecified atom stereocenters. The molecule has 0 bridgehead atoms. The average molecular weight is 334 g/mol. The number of carbonyl (C=O) groups is 1. The second-order valence-electron chi connectivity index (χ2n) is 5.52. The summed E-state index contributed by atoms with van der Waals surface area (Å²) < 4.78 is 29.1. The van der Waals surface area contributed by atoms with E-state index in [4.69, 9.17) is 11.6 Å². The lowest BCUT2D eigenvalue weighted by Gasteiger charge is -2.21. The quantitative estimate of drug-likeness (QED) is 0.840. The van der Waals surface area contributed by atoms with Crippen molar-refractivity contribution in [3.8, 4) is 5.75 Å². The van der Waals surface area contributed by atoms with Crippen LogP contribution in [0.1, 0.15) is 37.7 Å². The number of benzene rings is 1. The number of alkyl halides is 2. The SMILES string of the molecule is O=C(CC1(O)CCCC1)NCc1cc(Cl)ccc1OC(F)F. The van der Waals surface area contributed by atoms with Crippen LogP contribution < -0.4 is 10.1 Å².